The Morgan fingerprint density at radius 3 is 1.77 bits per heavy atom. The predicted octanol–water partition coefficient (Wildman–Crippen LogP) is 8.68. The summed E-state index contributed by atoms with van der Waals surface area (Å²) in [5.41, 5.74) is 7.37. The molecule has 3 nitrogen and oxygen atoms in total. The Bertz CT molecular complexity index is 1880. The molecule has 5 aromatic rings. The van der Waals surface area contributed by atoms with E-state index in [9.17, 15) is 0 Å². The monoisotopic (exact) mass is 808 g/mol. The van der Waals surface area contributed by atoms with Crippen molar-refractivity contribution < 1.29 is 22.7 Å². The van der Waals surface area contributed by atoms with Crippen molar-refractivity contribution in [3.05, 3.63) is 173 Å². The molecule has 0 atom stereocenters. The van der Waals surface area contributed by atoms with Crippen LogP contribution in [0.15, 0.2) is 162 Å². The number of aromatic nitrogens is 2. The molecule has 0 N–H and O–H groups in total. The van der Waals surface area contributed by atoms with Crippen LogP contribution in [0.1, 0.15) is 31.4 Å². The topological polar surface area (TPSA) is 35.0 Å². The number of hydrogen-bond donors (Lipinski definition) is 0. The van der Waals surface area contributed by atoms with Crippen molar-refractivity contribution in [2.75, 3.05) is 13.2 Å². The summed E-state index contributed by atoms with van der Waals surface area (Å²) < 4.78 is 9.85. The van der Waals surface area contributed by atoms with E-state index in [0.29, 0.717) is 13.2 Å². The van der Waals surface area contributed by atoms with Crippen molar-refractivity contribution in [3.63, 3.8) is 0 Å². The van der Waals surface area contributed by atoms with Crippen molar-refractivity contribution >= 4 is 34.8 Å². The SMILES string of the molecule is C/C=C/c1ccc(-c2ccc(C(C=C3COCC3=CCC)=C([C]#[Os])[P+](c3ccccc3)(c3ccccc3)c3ccccc3)cn2)nc1. The van der Waals surface area contributed by atoms with Crippen LogP contribution in [-0.4, -0.2) is 23.2 Å². The summed E-state index contributed by atoms with van der Waals surface area (Å²) in [7, 11) is -2.44. The molecule has 0 radical (unpaired) electrons. The molecule has 1 aliphatic rings. The molecule has 47 heavy (non-hydrogen) atoms. The van der Waals surface area contributed by atoms with E-state index in [0.717, 1.165) is 34.5 Å². The van der Waals surface area contributed by atoms with E-state index in [1.165, 1.54) is 32.4 Å². The Balaban J connectivity index is 1.66. The molecular weight excluding hydrogens is 770 g/mol. The van der Waals surface area contributed by atoms with Gasteiger partial charge < -0.3 is 0 Å². The summed E-state index contributed by atoms with van der Waals surface area (Å²) in [5.74, 6) is 0. The predicted molar refractivity (Wildman–Crippen MR) is 195 cm³/mol. The Morgan fingerprint density at radius 1 is 0.745 bits per heavy atom. The molecule has 1 fully saturated rings. The summed E-state index contributed by atoms with van der Waals surface area (Å²) in [4.78, 5) is 9.69. The molecule has 1 saturated heterocycles. The first kappa shape index (κ1) is 32.7. The van der Waals surface area contributed by atoms with Crippen molar-refractivity contribution in [2.45, 2.75) is 20.3 Å². The van der Waals surface area contributed by atoms with Crippen LogP contribution in [0.3, 0.4) is 0 Å². The van der Waals surface area contributed by atoms with E-state index in [-0.39, 0.29) is 0 Å². The Morgan fingerprint density at radius 2 is 1.30 bits per heavy atom. The third kappa shape index (κ3) is 6.90. The van der Waals surface area contributed by atoms with Gasteiger partial charge in [-0.05, 0) is 6.92 Å². The zero-order chi connectivity index (χ0) is 32.5. The average molecular weight is 807 g/mol. The van der Waals surface area contributed by atoms with Gasteiger partial charge in [0.25, 0.3) is 0 Å². The number of hydrogen-bond acceptors (Lipinski definition) is 3. The van der Waals surface area contributed by atoms with E-state index in [4.69, 9.17) is 14.7 Å². The molecule has 0 saturated carbocycles. The number of benzene rings is 3. The standard InChI is InChI=1S/C42H37N2OP.Os/c1-4-15-33-23-25-41(43-28-33)42-26-24-34(29-44-42)40(27-36-31-45-30-35(36)16-5-2)32(3)46(37-17-9-6-10-18-37,38-19-11-7-12-20-38)39-21-13-8-14-22-39;/h4,6-29H,5,30-31H2,1-2H3;/q+1;/b15-4+,35-16?,36-27?,40-32?;. The van der Waals surface area contributed by atoms with E-state index in [1.54, 1.807) is 17.9 Å². The fraction of sp³-hybridized carbons (Fsp3) is 0.119. The molecule has 0 aliphatic carbocycles. The maximum absolute atomic E-state index is 6.02. The number of allylic oxidation sites excluding steroid dienone is 5. The third-order valence-electron chi connectivity index (χ3n) is 8.28. The molecule has 0 unspecified atom stereocenters. The number of nitrogens with zero attached hydrogens (tertiary/aromatic N) is 2. The zero-order valence-corrected chi connectivity index (χ0v) is 30.1. The molecule has 3 aromatic carbocycles. The summed E-state index contributed by atoms with van der Waals surface area (Å²) in [6.07, 6.45) is 13.5. The van der Waals surface area contributed by atoms with Crippen LogP contribution in [0.4, 0.5) is 0 Å². The van der Waals surface area contributed by atoms with Gasteiger partial charge in [0.05, 0.1) is 0 Å². The second-order valence-electron chi connectivity index (χ2n) is 11.2. The number of pyridine rings is 2. The molecule has 233 valence electrons. The first-order valence-corrected chi connectivity index (χ1v) is 18.9. The summed E-state index contributed by atoms with van der Waals surface area (Å²) in [6, 6.07) is 41.3. The van der Waals surface area contributed by atoms with Crippen LogP contribution >= 0.6 is 7.26 Å². The summed E-state index contributed by atoms with van der Waals surface area (Å²) >= 11 is 1.80. The summed E-state index contributed by atoms with van der Waals surface area (Å²) in [6.45, 7) is 5.40. The average Bonchev–Trinajstić information content (AvgIpc) is 3.58. The van der Waals surface area contributed by atoms with E-state index in [2.05, 4.69) is 133 Å². The van der Waals surface area contributed by atoms with Gasteiger partial charge in [0.2, 0.25) is 0 Å². The van der Waals surface area contributed by atoms with Crippen LogP contribution in [0.5, 0.6) is 0 Å². The quantitative estimate of drug-likeness (QED) is 0.140. The fourth-order valence-corrected chi connectivity index (χ4v) is 11.9. The normalized spacial score (nSPS) is 15.6. The van der Waals surface area contributed by atoms with Crippen LogP contribution < -0.4 is 15.9 Å². The Hall–Kier alpha value is -4.27. The molecule has 0 spiro atoms. The second kappa shape index (κ2) is 15.5. The van der Waals surface area contributed by atoms with Gasteiger partial charge >= 0.3 is 277 Å². The minimum atomic E-state index is -2.44. The fourth-order valence-electron chi connectivity index (χ4n) is 6.12. The molecule has 1 aliphatic heterocycles. The van der Waals surface area contributed by atoms with Crippen molar-refractivity contribution in [1.29, 1.82) is 0 Å². The van der Waals surface area contributed by atoms with Crippen LogP contribution in [-0.2, 0) is 22.7 Å². The third-order valence-corrected chi connectivity index (χ3v) is 13.7. The van der Waals surface area contributed by atoms with Crippen molar-refractivity contribution in [1.82, 2.24) is 9.97 Å². The van der Waals surface area contributed by atoms with Gasteiger partial charge in [-0.2, -0.15) is 0 Å². The molecular formula is C42H37N2OOsP+. The van der Waals surface area contributed by atoms with Gasteiger partial charge in [0.1, 0.15) is 0 Å². The van der Waals surface area contributed by atoms with Crippen molar-refractivity contribution in [2.24, 2.45) is 0 Å². The molecule has 0 amide bonds. The number of rotatable bonds is 9. The van der Waals surface area contributed by atoms with Crippen LogP contribution in [0, 0.1) is 4.37 Å². The van der Waals surface area contributed by atoms with Gasteiger partial charge in [-0.15, -0.1) is 0 Å². The molecule has 3 heterocycles. The van der Waals surface area contributed by atoms with E-state index in [1.807, 2.05) is 37.5 Å². The molecule has 0 bridgehead atoms. The number of ether oxygens (including phenoxy) is 1. The first-order valence-electron chi connectivity index (χ1n) is 15.9. The van der Waals surface area contributed by atoms with Crippen molar-refractivity contribution in [3.8, 4) is 15.8 Å². The zero-order valence-electron chi connectivity index (χ0n) is 26.7. The van der Waals surface area contributed by atoms with Gasteiger partial charge in [0, 0.05) is 0 Å². The van der Waals surface area contributed by atoms with Gasteiger partial charge in [-0.3, -0.25) is 0 Å². The Labute approximate surface area is 288 Å². The van der Waals surface area contributed by atoms with Gasteiger partial charge in [-0.25, -0.2) is 0 Å². The minimum absolute atomic E-state index is 0.579. The van der Waals surface area contributed by atoms with E-state index < -0.39 is 7.26 Å². The van der Waals surface area contributed by atoms with Crippen LogP contribution in [0.2, 0.25) is 0 Å². The molecule has 2 aromatic heterocycles. The Kier molecular flexibility index (Phi) is 10.8. The van der Waals surface area contributed by atoms with Gasteiger partial charge in [0.15, 0.2) is 0 Å². The second-order valence-corrected chi connectivity index (χ2v) is 15.2. The molecule has 6 rings (SSSR count). The maximum atomic E-state index is 6.02. The summed E-state index contributed by atoms with van der Waals surface area (Å²) in [5, 5.41) is 5.02. The van der Waals surface area contributed by atoms with E-state index >= 15 is 0 Å². The molecule has 5 heteroatoms. The van der Waals surface area contributed by atoms with Crippen LogP contribution in [0.25, 0.3) is 23.0 Å². The van der Waals surface area contributed by atoms with Gasteiger partial charge in [-0.1, -0.05) is 6.08 Å². The first-order chi connectivity index (χ1) is 23.2.